The molecule has 0 fully saturated rings. The molecule has 0 amide bonds. The van der Waals surface area contributed by atoms with Crippen LogP contribution in [0.4, 0.5) is 26.3 Å². The smallest absolute Gasteiger partial charge is 0.325 e. The van der Waals surface area contributed by atoms with Gasteiger partial charge in [0.05, 0.1) is 28.2 Å². The quantitative estimate of drug-likeness (QED) is 0.163. The van der Waals surface area contributed by atoms with E-state index in [0.717, 1.165) is 6.33 Å². The summed E-state index contributed by atoms with van der Waals surface area (Å²) in [5.41, 5.74) is -2.42. The molecule has 0 saturated heterocycles. The molecule has 2 heterocycles. The number of halogens is 7. The number of benzene rings is 2. The van der Waals surface area contributed by atoms with Gasteiger partial charge in [-0.15, -0.1) is 0 Å². The van der Waals surface area contributed by atoms with Gasteiger partial charge in [0.25, 0.3) is 5.78 Å². The number of pyridine rings is 1. The second-order valence-electron chi connectivity index (χ2n) is 7.78. The molecule has 4 rings (SSSR count). The van der Waals surface area contributed by atoms with Crippen LogP contribution in [0.25, 0.3) is 11.3 Å². The summed E-state index contributed by atoms with van der Waals surface area (Å²) in [5, 5.41) is 0.325. The molecule has 2 aromatic heterocycles. The van der Waals surface area contributed by atoms with E-state index in [4.69, 9.17) is 11.6 Å². The first kappa shape index (κ1) is 26.0. The number of rotatable bonds is 4. The van der Waals surface area contributed by atoms with Crippen LogP contribution in [0.15, 0.2) is 73.3 Å². The summed E-state index contributed by atoms with van der Waals surface area (Å²) < 4.78 is 81.2. The van der Waals surface area contributed by atoms with Crippen LogP contribution in [0.1, 0.15) is 32.7 Å². The minimum absolute atomic E-state index is 0.0543. The largest absolute Gasteiger partial charge is 0.416 e. The van der Waals surface area contributed by atoms with Crippen LogP contribution in [0, 0.1) is 11.8 Å². The fourth-order valence-electron chi connectivity index (χ4n) is 3.53. The van der Waals surface area contributed by atoms with Gasteiger partial charge in [-0.3, -0.25) is 9.78 Å². The lowest BCUT2D eigenvalue weighted by Crippen LogP contribution is -2.13. The third-order valence-corrected chi connectivity index (χ3v) is 5.50. The molecule has 0 aliphatic rings. The van der Waals surface area contributed by atoms with Crippen molar-refractivity contribution in [3.8, 4) is 23.1 Å². The van der Waals surface area contributed by atoms with Crippen LogP contribution in [0.5, 0.6) is 0 Å². The number of hydrogen-bond acceptors (Lipinski definition) is 3. The molecule has 0 aliphatic heterocycles. The van der Waals surface area contributed by atoms with Gasteiger partial charge in [0.1, 0.15) is 5.69 Å². The van der Waals surface area contributed by atoms with Crippen molar-refractivity contribution >= 4 is 17.4 Å². The van der Waals surface area contributed by atoms with Gasteiger partial charge in [-0.25, -0.2) is 4.98 Å². The zero-order valence-corrected chi connectivity index (χ0v) is 19.3. The van der Waals surface area contributed by atoms with Crippen LogP contribution < -0.4 is 0 Å². The monoisotopic (exact) mass is 533 g/mol. The second-order valence-corrected chi connectivity index (χ2v) is 8.19. The van der Waals surface area contributed by atoms with E-state index in [9.17, 15) is 31.1 Å². The first-order valence-electron chi connectivity index (χ1n) is 10.5. The van der Waals surface area contributed by atoms with Gasteiger partial charge in [0, 0.05) is 30.1 Å². The Bertz CT molecular complexity index is 1480. The Balaban J connectivity index is 1.79. The number of carbonyl (C=O) groups excluding carboxylic acids is 1. The van der Waals surface area contributed by atoms with E-state index in [0.29, 0.717) is 28.3 Å². The molecule has 4 aromatic rings. The third-order valence-electron chi connectivity index (χ3n) is 5.17. The molecule has 0 aliphatic carbocycles. The number of nitrogens with zero attached hydrogens (tertiary/aromatic N) is 3. The maximum Gasteiger partial charge on any atom is 0.416 e. The van der Waals surface area contributed by atoms with Gasteiger partial charge < -0.3 is 4.57 Å². The number of aromatic nitrogens is 3. The molecule has 0 spiro atoms. The zero-order valence-electron chi connectivity index (χ0n) is 18.5. The van der Waals surface area contributed by atoms with Crippen molar-refractivity contribution in [1.82, 2.24) is 14.5 Å². The molecule has 0 atom stereocenters. The molecule has 37 heavy (non-hydrogen) atoms. The summed E-state index contributed by atoms with van der Waals surface area (Å²) in [6.45, 7) is -0.435. The van der Waals surface area contributed by atoms with E-state index in [1.165, 1.54) is 17.0 Å². The first-order valence-corrected chi connectivity index (χ1v) is 10.9. The zero-order chi connectivity index (χ0) is 26.8. The molecule has 2 aromatic carbocycles. The van der Waals surface area contributed by atoms with Gasteiger partial charge in [-0.2, -0.15) is 26.3 Å². The van der Waals surface area contributed by atoms with Gasteiger partial charge in [-0.05, 0) is 53.9 Å². The Kier molecular flexibility index (Phi) is 7.09. The summed E-state index contributed by atoms with van der Waals surface area (Å²) in [6, 6.07) is 11.0. The van der Waals surface area contributed by atoms with Gasteiger partial charge >= 0.3 is 12.4 Å². The lowest BCUT2D eigenvalue weighted by molar-refractivity contribution is -0.143. The van der Waals surface area contributed by atoms with E-state index in [1.807, 2.05) is 0 Å². The summed E-state index contributed by atoms with van der Waals surface area (Å²) in [4.78, 5) is 21.0. The number of imidazole rings is 1. The number of hydrogen-bond donors (Lipinski definition) is 0. The second kappa shape index (κ2) is 10.1. The first-order chi connectivity index (χ1) is 17.4. The lowest BCUT2D eigenvalue weighted by atomic mass is 10.0. The predicted octanol–water partition coefficient (Wildman–Crippen LogP) is 6.92. The highest BCUT2D eigenvalue weighted by atomic mass is 35.5. The van der Waals surface area contributed by atoms with Crippen molar-refractivity contribution in [2.24, 2.45) is 0 Å². The third kappa shape index (κ3) is 6.01. The van der Waals surface area contributed by atoms with Crippen molar-refractivity contribution in [1.29, 1.82) is 0 Å². The Hall–Kier alpha value is -4.10. The molecule has 188 valence electrons. The van der Waals surface area contributed by atoms with Crippen LogP contribution in [-0.4, -0.2) is 20.3 Å². The highest BCUT2D eigenvalue weighted by molar-refractivity contribution is 6.31. The Morgan fingerprint density at radius 2 is 1.62 bits per heavy atom. The van der Waals surface area contributed by atoms with Crippen LogP contribution >= 0.6 is 11.6 Å². The number of alkyl halides is 6. The maximum absolute atomic E-state index is 13.3. The molecule has 0 radical (unpaired) electrons. The Labute approximate surface area is 211 Å². The van der Waals surface area contributed by atoms with Crippen molar-refractivity contribution in [3.63, 3.8) is 0 Å². The molecule has 0 N–H and O–H groups in total. The van der Waals surface area contributed by atoms with Gasteiger partial charge in [0.15, 0.2) is 0 Å². The van der Waals surface area contributed by atoms with Crippen molar-refractivity contribution in [3.05, 3.63) is 106 Å². The van der Waals surface area contributed by atoms with E-state index < -0.39 is 35.8 Å². The van der Waals surface area contributed by atoms with E-state index in [1.54, 1.807) is 36.4 Å². The van der Waals surface area contributed by atoms with Gasteiger partial charge in [0.2, 0.25) is 0 Å². The van der Waals surface area contributed by atoms with Gasteiger partial charge in [-0.1, -0.05) is 29.7 Å². The fourth-order valence-corrected chi connectivity index (χ4v) is 3.71. The Morgan fingerprint density at radius 3 is 2.22 bits per heavy atom. The van der Waals surface area contributed by atoms with Crippen molar-refractivity contribution in [2.75, 3.05) is 0 Å². The molecule has 4 nitrogen and oxygen atoms in total. The average Bonchev–Trinajstić information content (AvgIpc) is 3.26. The summed E-state index contributed by atoms with van der Waals surface area (Å²) >= 11 is 6.06. The molecular formula is C26H14ClF6N3O. The average molecular weight is 534 g/mol. The van der Waals surface area contributed by atoms with E-state index >= 15 is 0 Å². The maximum atomic E-state index is 13.3. The van der Waals surface area contributed by atoms with Crippen LogP contribution in [0.3, 0.4) is 0 Å². The van der Waals surface area contributed by atoms with E-state index in [2.05, 4.69) is 21.8 Å². The van der Waals surface area contributed by atoms with Crippen molar-refractivity contribution < 1.29 is 31.1 Å². The SMILES string of the molecule is O=C(C#Cc1ccccc1Cl)c1ncn(Cc2cc(C(F)(F)F)cc(C(F)(F)F)c2)c1-c1cccnc1. The van der Waals surface area contributed by atoms with E-state index in [-0.39, 0.29) is 23.0 Å². The summed E-state index contributed by atoms with van der Waals surface area (Å²) in [7, 11) is 0. The topological polar surface area (TPSA) is 47.8 Å². The molecule has 0 saturated carbocycles. The molecule has 0 unspecified atom stereocenters. The molecular weight excluding hydrogens is 520 g/mol. The summed E-state index contributed by atoms with van der Waals surface area (Å²) in [5.74, 6) is 4.36. The van der Waals surface area contributed by atoms with Crippen molar-refractivity contribution in [2.45, 2.75) is 18.9 Å². The molecule has 0 bridgehead atoms. The van der Waals surface area contributed by atoms with Crippen LogP contribution in [0.2, 0.25) is 5.02 Å². The minimum Gasteiger partial charge on any atom is -0.325 e. The molecule has 11 heteroatoms. The fraction of sp³-hybridized carbons (Fsp3) is 0.115. The minimum atomic E-state index is -4.99. The highest BCUT2D eigenvalue weighted by Gasteiger charge is 2.37. The number of carbonyl (C=O) groups is 1. The predicted molar refractivity (Wildman–Crippen MR) is 124 cm³/mol. The number of Topliss-reactive ketones (excluding diaryl/α,β-unsaturated/α-hetero) is 1. The standard InChI is InChI=1S/C26H14ClF6N3O/c27-21-6-2-1-4-17(21)7-8-22(37)23-24(18-5-3-9-34-13-18)36(15-35-23)14-16-10-19(25(28,29)30)12-20(11-16)26(31,32)33/h1-6,9-13,15H,14H2. The van der Waals surface area contributed by atoms with Crippen LogP contribution in [-0.2, 0) is 18.9 Å². The lowest BCUT2D eigenvalue weighted by Gasteiger charge is -2.15. The normalized spacial score (nSPS) is 11.6. The summed E-state index contributed by atoms with van der Waals surface area (Å²) in [6.07, 6.45) is -5.98. The number of ketones is 1. The highest BCUT2D eigenvalue weighted by Crippen LogP contribution is 2.37. The Morgan fingerprint density at radius 1 is 0.946 bits per heavy atom.